The molecule has 0 radical (unpaired) electrons. The maximum absolute atomic E-state index is 12.4. The summed E-state index contributed by atoms with van der Waals surface area (Å²) in [6, 6.07) is 7.69. The summed E-state index contributed by atoms with van der Waals surface area (Å²) in [5, 5.41) is 7.34. The Morgan fingerprint density at radius 2 is 1.32 bits per heavy atom. The predicted molar refractivity (Wildman–Crippen MR) is 144 cm³/mol. The number of ether oxygens (including phenoxy) is 5. The molecule has 1 aromatic carbocycles. The lowest BCUT2D eigenvalue weighted by Crippen LogP contribution is -2.27. The second-order valence-electron chi connectivity index (χ2n) is 9.17. The van der Waals surface area contributed by atoms with Crippen molar-refractivity contribution in [2.45, 2.75) is 39.7 Å². The molecule has 212 valence electrons. The van der Waals surface area contributed by atoms with Crippen LogP contribution in [0.1, 0.15) is 61.1 Å². The zero-order valence-corrected chi connectivity index (χ0v) is 23.1. The van der Waals surface area contributed by atoms with Crippen molar-refractivity contribution in [2.24, 2.45) is 0 Å². The van der Waals surface area contributed by atoms with Crippen LogP contribution in [0.25, 0.3) is 0 Å². The molecule has 2 aromatic rings. The zero-order valence-electron chi connectivity index (χ0n) is 23.1. The number of nitrogens with zero attached hydrogens (tertiary/aromatic N) is 2. The first-order chi connectivity index (χ1) is 18.4. The molecule has 10 nitrogen and oxygen atoms in total. The van der Waals surface area contributed by atoms with Crippen LogP contribution in [-0.4, -0.2) is 94.1 Å². The van der Waals surface area contributed by atoms with Crippen LogP contribution in [-0.2, 0) is 28.5 Å². The molecule has 0 spiro atoms. The van der Waals surface area contributed by atoms with E-state index < -0.39 is 0 Å². The van der Waals surface area contributed by atoms with Gasteiger partial charge in [0.1, 0.15) is 6.61 Å². The van der Waals surface area contributed by atoms with Crippen molar-refractivity contribution < 1.29 is 33.3 Å². The fourth-order valence-corrected chi connectivity index (χ4v) is 3.36. The van der Waals surface area contributed by atoms with Crippen molar-refractivity contribution >= 4 is 11.7 Å². The highest BCUT2D eigenvalue weighted by atomic mass is 16.6. The summed E-state index contributed by atoms with van der Waals surface area (Å²) in [5.74, 6) is 0.308. The Labute approximate surface area is 225 Å². The molecule has 1 heterocycles. The van der Waals surface area contributed by atoms with Crippen molar-refractivity contribution in [3.63, 3.8) is 0 Å². The van der Waals surface area contributed by atoms with Gasteiger partial charge in [0.05, 0.1) is 71.7 Å². The molecular weight excluding hydrogens is 490 g/mol. The lowest BCUT2D eigenvalue weighted by molar-refractivity contribution is -0.122. The van der Waals surface area contributed by atoms with Crippen molar-refractivity contribution in [1.82, 2.24) is 15.1 Å². The van der Waals surface area contributed by atoms with E-state index in [0.29, 0.717) is 77.5 Å². The maximum atomic E-state index is 12.4. The SMILES string of the molecule is CC(=O)COCCOCCOCCOCCOCCNC(=O)c1ccc(C(C)n2cc(C(C)C)cn2)cc1. The van der Waals surface area contributed by atoms with Gasteiger partial charge in [0.15, 0.2) is 5.78 Å². The number of aromatic nitrogens is 2. The molecule has 0 saturated heterocycles. The van der Waals surface area contributed by atoms with Gasteiger partial charge < -0.3 is 29.0 Å². The normalized spacial score (nSPS) is 12.1. The van der Waals surface area contributed by atoms with Crippen LogP contribution in [0.2, 0.25) is 0 Å². The van der Waals surface area contributed by atoms with E-state index in [4.69, 9.17) is 23.7 Å². The van der Waals surface area contributed by atoms with Gasteiger partial charge in [-0.1, -0.05) is 26.0 Å². The first-order valence-corrected chi connectivity index (χ1v) is 13.2. The van der Waals surface area contributed by atoms with E-state index in [9.17, 15) is 9.59 Å². The molecule has 1 amide bonds. The van der Waals surface area contributed by atoms with Crippen molar-refractivity contribution in [2.75, 3.05) is 72.6 Å². The van der Waals surface area contributed by atoms with E-state index in [2.05, 4.69) is 37.4 Å². The quantitative estimate of drug-likeness (QED) is 0.244. The smallest absolute Gasteiger partial charge is 0.251 e. The summed E-state index contributed by atoms with van der Waals surface area (Å²) >= 11 is 0. The van der Waals surface area contributed by atoms with Crippen LogP contribution in [0.3, 0.4) is 0 Å². The van der Waals surface area contributed by atoms with Gasteiger partial charge in [-0.25, -0.2) is 0 Å². The number of hydrogen-bond acceptors (Lipinski definition) is 8. The predicted octanol–water partition coefficient (Wildman–Crippen LogP) is 3.02. The van der Waals surface area contributed by atoms with E-state index in [1.165, 1.54) is 12.5 Å². The van der Waals surface area contributed by atoms with Gasteiger partial charge in [-0.2, -0.15) is 5.10 Å². The molecule has 0 saturated carbocycles. The number of hydrogen-bond donors (Lipinski definition) is 1. The largest absolute Gasteiger partial charge is 0.377 e. The third-order valence-electron chi connectivity index (χ3n) is 5.67. The molecule has 2 rings (SSSR count). The average molecular weight is 534 g/mol. The number of benzene rings is 1. The molecule has 1 N–H and O–H groups in total. The van der Waals surface area contributed by atoms with E-state index in [-0.39, 0.29) is 24.3 Å². The number of Topliss-reactive ketones (excluding diaryl/α,β-unsaturated/α-hetero) is 1. The third kappa shape index (κ3) is 12.7. The molecule has 0 aliphatic heterocycles. The summed E-state index contributed by atoms with van der Waals surface area (Å²) in [5.41, 5.74) is 2.91. The van der Waals surface area contributed by atoms with Crippen molar-refractivity contribution in [1.29, 1.82) is 0 Å². The Morgan fingerprint density at radius 3 is 1.82 bits per heavy atom. The number of carbonyl (C=O) groups is 2. The lowest BCUT2D eigenvalue weighted by atomic mass is 10.1. The van der Waals surface area contributed by atoms with Gasteiger partial charge in [0, 0.05) is 18.3 Å². The Kier molecular flexibility index (Phi) is 15.5. The van der Waals surface area contributed by atoms with E-state index >= 15 is 0 Å². The molecule has 0 aliphatic rings. The van der Waals surface area contributed by atoms with Gasteiger partial charge in [0.25, 0.3) is 5.91 Å². The number of amides is 1. The summed E-state index contributed by atoms with van der Waals surface area (Å²) in [7, 11) is 0. The number of carbonyl (C=O) groups excluding carboxylic acids is 2. The number of nitrogens with one attached hydrogen (secondary N) is 1. The van der Waals surface area contributed by atoms with Crippen molar-refractivity contribution in [3.05, 3.63) is 53.3 Å². The first kappa shape index (κ1) is 31.6. The molecule has 1 aromatic heterocycles. The first-order valence-electron chi connectivity index (χ1n) is 13.2. The second kappa shape index (κ2) is 18.6. The molecule has 0 fully saturated rings. The van der Waals surface area contributed by atoms with Crippen LogP contribution < -0.4 is 5.32 Å². The van der Waals surface area contributed by atoms with Crippen LogP contribution in [0, 0.1) is 0 Å². The Hall–Kier alpha value is -2.63. The summed E-state index contributed by atoms with van der Waals surface area (Å²) in [6.07, 6.45) is 3.98. The second-order valence-corrected chi connectivity index (χ2v) is 9.17. The van der Waals surface area contributed by atoms with Gasteiger partial charge in [-0.05, 0) is 43.0 Å². The number of rotatable bonds is 21. The van der Waals surface area contributed by atoms with Gasteiger partial charge in [0.2, 0.25) is 0 Å². The number of ketones is 1. The van der Waals surface area contributed by atoms with Crippen LogP contribution in [0.5, 0.6) is 0 Å². The molecule has 10 heteroatoms. The summed E-state index contributed by atoms with van der Waals surface area (Å²) in [6.45, 7) is 12.4. The van der Waals surface area contributed by atoms with Gasteiger partial charge >= 0.3 is 0 Å². The van der Waals surface area contributed by atoms with Crippen LogP contribution in [0.15, 0.2) is 36.7 Å². The highest BCUT2D eigenvalue weighted by molar-refractivity contribution is 5.94. The minimum Gasteiger partial charge on any atom is -0.377 e. The lowest BCUT2D eigenvalue weighted by Gasteiger charge is -2.13. The minimum absolute atomic E-state index is 0.000148. The van der Waals surface area contributed by atoms with E-state index in [0.717, 1.165) is 5.56 Å². The molecule has 38 heavy (non-hydrogen) atoms. The third-order valence-corrected chi connectivity index (χ3v) is 5.67. The van der Waals surface area contributed by atoms with Crippen LogP contribution >= 0.6 is 0 Å². The molecule has 1 atom stereocenters. The summed E-state index contributed by atoms with van der Waals surface area (Å²) in [4.78, 5) is 23.1. The average Bonchev–Trinajstić information content (AvgIpc) is 3.41. The topological polar surface area (TPSA) is 110 Å². The van der Waals surface area contributed by atoms with Gasteiger partial charge in [-0.15, -0.1) is 0 Å². The molecule has 0 aliphatic carbocycles. The highest BCUT2D eigenvalue weighted by Crippen LogP contribution is 2.20. The maximum Gasteiger partial charge on any atom is 0.251 e. The van der Waals surface area contributed by atoms with Gasteiger partial charge in [-0.3, -0.25) is 14.3 Å². The minimum atomic E-state index is -0.130. The standard InChI is InChI=1S/C28H43N3O7/c1-22(2)27-19-30-31(20-27)24(4)25-5-7-26(8-6-25)28(33)29-9-10-34-11-12-35-13-14-36-15-16-37-17-18-38-21-23(3)32/h5-8,19-20,22,24H,9-18,21H2,1-4H3,(H,29,33). The monoisotopic (exact) mass is 533 g/mol. The highest BCUT2D eigenvalue weighted by Gasteiger charge is 2.12. The molecular formula is C28H43N3O7. The molecule has 1 unspecified atom stereocenters. The Bertz CT molecular complexity index is 931. The molecule has 0 bridgehead atoms. The zero-order chi connectivity index (χ0) is 27.6. The van der Waals surface area contributed by atoms with E-state index in [1.807, 2.05) is 35.1 Å². The Morgan fingerprint density at radius 1 is 0.789 bits per heavy atom. The Balaban J connectivity index is 1.45. The van der Waals surface area contributed by atoms with E-state index in [1.54, 1.807) is 0 Å². The fraction of sp³-hybridized carbons (Fsp3) is 0.607. The van der Waals surface area contributed by atoms with Crippen LogP contribution in [0.4, 0.5) is 0 Å². The fourth-order valence-electron chi connectivity index (χ4n) is 3.36. The van der Waals surface area contributed by atoms with Crippen molar-refractivity contribution in [3.8, 4) is 0 Å². The summed E-state index contributed by atoms with van der Waals surface area (Å²) < 4.78 is 28.7.